The summed E-state index contributed by atoms with van der Waals surface area (Å²) >= 11 is 0. The van der Waals surface area contributed by atoms with Crippen molar-refractivity contribution in [3.63, 3.8) is 0 Å². The first-order chi connectivity index (χ1) is 13.8. The molecule has 0 bridgehead atoms. The molecule has 1 saturated heterocycles. The minimum atomic E-state index is -3.84. The van der Waals surface area contributed by atoms with E-state index in [9.17, 15) is 18.0 Å². The Morgan fingerprint density at radius 1 is 1.00 bits per heavy atom. The highest BCUT2D eigenvalue weighted by Gasteiger charge is 2.25. The van der Waals surface area contributed by atoms with Crippen LogP contribution in [0.15, 0.2) is 53.4 Å². The molecule has 2 N–H and O–H groups in total. The van der Waals surface area contributed by atoms with Crippen molar-refractivity contribution in [3.8, 4) is 0 Å². The molecule has 7 nitrogen and oxygen atoms in total. The minimum absolute atomic E-state index is 0.0901. The van der Waals surface area contributed by atoms with Crippen molar-refractivity contribution in [2.75, 3.05) is 18.4 Å². The molecule has 1 aliphatic heterocycles. The van der Waals surface area contributed by atoms with Crippen molar-refractivity contribution < 1.29 is 18.0 Å². The average molecular weight is 416 g/mol. The van der Waals surface area contributed by atoms with Crippen LogP contribution in [0.2, 0.25) is 0 Å². The van der Waals surface area contributed by atoms with E-state index in [0.717, 1.165) is 18.4 Å². The van der Waals surface area contributed by atoms with Gasteiger partial charge in [0.2, 0.25) is 15.9 Å². The van der Waals surface area contributed by atoms with Crippen LogP contribution in [-0.2, 0) is 14.8 Å². The first-order valence-electron chi connectivity index (χ1n) is 9.56. The lowest BCUT2D eigenvalue weighted by molar-refractivity contribution is -0.117. The lowest BCUT2D eigenvalue weighted by Crippen LogP contribution is -2.41. The molecule has 0 saturated carbocycles. The van der Waals surface area contributed by atoms with Gasteiger partial charge in [-0.05, 0) is 51.0 Å². The van der Waals surface area contributed by atoms with Gasteiger partial charge in [-0.25, -0.2) is 8.42 Å². The van der Waals surface area contributed by atoms with Crippen molar-refractivity contribution in [2.24, 2.45) is 0 Å². The second-order valence-corrected chi connectivity index (χ2v) is 8.90. The van der Waals surface area contributed by atoms with Gasteiger partial charge in [-0.15, -0.1) is 0 Å². The summed E-state index contributed by atoms with van der Waals surface area (Å²) in [7, 11) is -3.84. The molecular weight excluding hydrogens is 390 g/mol. The Balaban J connectivity index is 1.71. The normalized spacial score (nSPS) is 15.2. The molecule has 154 valence electrons. The molecule has 2 aromatic carbocycles. The Morgan fingerprint density at radius 3 is 2.28 bits per heavy atom. The molecule has 2 aromatic rings. The maximum Gasteiger partial charge on any atom is 0.255 e. The maximum absolute atomic E-state index is 12.7. The number of likely N-dealkylation sites (tertiary alicyclic amines) is 1. The van der Waals surface area contributed by atoms with Gasteiger partial charge in [-0.1, -0.05) is 29.8 Å². The summed E-state index contributed by atoms with van der Waals surface area (Å²) in [6.07, 6.45) is 1.94. The summed E-state index contributed by atoms with van der Waals surface area (Å²) in [5, 5.41) is 2.68. The lowest BCUT2D eigenvalue weighted by atomic mass is 10.1. The molecule has 8 heteroatoms. The van der Waals surface area contributed by atoms with E-state index in [2.05, 4.69) is 10.0 Å². The van der Waals surface area contributed by atoms with Crippen molar-refractivity contribution in [3.05, 3.63) is 59.7 Å². The van der Waals surface area contributed by atoms with Crippen molar-refractivity contribution in [2.45, 2.75) is 37.6 Å². The third-order valence-corrected chi connectivity index (χ3v) is 6.42. The number of nitrogens with one attached hydrogen (secondary N) is 2. The first kappa shape index (κ1) is 21.0. The van der Waals surface area contributed by atoms with E-state index in [1.54, 1.807) is 41.3 Å². The number of para-hydroxylation sites is 1. The predicted molar refractivity (Wildman–Crippen MR) is 111 cm³/mol. The summed E-state index contributed by atoms with van der Waals surface area (Å²) in [5.41, 5.74) is 1.71. The number of benzene rings is 2. The van der Waals surface area contributed by atoms with Crippen LogP contribution < -0.4 is 10.0 Å². The summed E-state index contributed by atoms with van der Waals surface area (Å²) in [5.74, 6) is -0.673. The minimum Gasteiger partial charge on any atom is -0.339 e. The van der Waals surface area contributed by atoms with Crippen LogP contribution in [0.3, 0.4) is 0 Å². The van der Waals surface area contributed by atoms with E-state index in [1.807, 2.05) is 6.92 Å². The molecule has 1 atom stereocenters. The van der Waals surface area contributed by atoms with Gasteiger partial charge >= 0.3 is 0 Å². The highest BCUT2D eigenvalue weighted by Crippen LogP contribution is 2.20. The van der Waals surface area contributed by atoms with Gasteiger partial charge in [-0.3, -0.25) is 9.59 Å². The average Bonchev–Trinajstić information content (AvgIpc) is 3.22. The number of aryl methyl sites for hydroxylation is 1. The fourth-order valence-electron chi connectivity index (χ4n) is 3.18. The van der Waals surface area contributed by atoms with Crippen molar-refractivity contribution >= 4 is 27.5 Å². The number of anilines is 1. The highest BCUT2D eigenvalue weighted by atomic mass is 32.2. The third kappa shape index (κ3) is 5.02. The summed E-state index contributed by atoms with van der Waals surface area (Å²) < 4.78 is 27.4. The monoisotopic (exact) mass is 415 g/mol. The second-order valence-electron chi connectivity index (χ2n) is 7.19. The van der Waals surface area contributed by atoms with Crippen molar-refractivity contribution in [1.29, 1.82) is 0 Å². The van der Waals surface area contributed by atoms with Gasteiger partial charge in [0.15, 0.2) is 0 Å². The molecule has 29 heavy (non-hydrogen) atoms. The third-order valence-electron chi connectivity index (χ3n) is 4.87. The topological polar surface area (TPSA) is 95.6 Å². The van der Waals surface area contributed by atoms with E-state index in [4.69, 9.17) is 0 Å². The van der Waals surface area contributed by atoms with E-state index >= 15 is 0 Å². The van der Waals surface area contributed by atoms with Crippen LogP contribution in [0.25, 0.3) is 0 Å². The fourth-order valence-corrected chi connectivity index (χ4v) is 4.38. The number of hydrogen-bond donors (Lipinski definition) is 2. The number of amides is 2. The van der Waals surface area contributed by atoms with Crippen LogP contribution in [0.4, 0.5) is 5.69 Å². The van der Waals surface area contributed by atoms with E-state index < -0.39 is 22.0 Å². The van der Waals surface area contributed by atoms with Crippen molar-refractivity contribution in [1.82, 2.24) is 9.62 Å². The van der Waals surface area contributed by atoms with E-state index in [0.29, 0.717) is 24.3 Å². The highest BCUT2D eigenvalue weighted by molar-refractivity contribution is 7.89. The number of nitrogens with zero attached hydrogens (tertiary/aromatic N) is 1. The number of carbonyl (C=O) groups excluding carboxylic acids is 2. The number of carbonyl (C=O) groups is 2. The van der Waals surface area contributed by atoms with Gasteiger partial charge in [-0.2, -0.15) is 4.72 Å². The Bertz CT molecular complexity index is 997. The van der Waals surface area contributed by atoms with Crippen LogP contribution in [-0.4, -0.2) is 44.3 Å². The molecule has 1 aliphatic rings. The first-order valence-corrected chi connectivity index (χ1v) is 11.0. The molecule has 0 unspecified atom stereocenters. The smallest absolute Gasteiger partial charge is 0.255 e. The largest absolute Gasteiger partial charge is 0.339 e. The molecule has 2 amide bonds. The zero-order chi connectivity index (χ0) is 21.0. The Labute approximate surface area is 171 Å². The molecule has 1 heterocycles. The van der Waals surface area contributed by atoms with E-state index in [-0.39, 0.29) is 10.8 Å². The molecule has 1 fully saturated rings. The zero-order valence-corrected chi connectivity index (χ0v) is 17.3. The molecule has 0 aliphatic carbocycles. The molecule has 0 aromatic heterocycles. The number of rotatable bonds is 6. The molecule has 0 radical (unpaired) electrons. The summed E-state index contributed by atoms with van der Waals surface area (Å²) in [6.45, 7) is 4.73. The lowest BCUT2D eigenvalue weighted by Gasteiger charge is -2.19. The Kier molecular flexibility index (Phi) is 6.34. The zero-order valence-electron chi connectivity index (χ0n) is 16.5. The molecular formula is C21H25N3O4S. The maximum atomic E-state index is 12.7. The SMILES string of the molecule is Cc1ccc(S(=O)(=O)N[C@@H](C)C(=O)Nc2ccccc2C(=O)N2CCCC2)cc1. The van der Waals surface area contributed by atoms with Gasteiger partial charge in [0.05, 0.1) is 22.2 Å². The second kappa shape index (κ2) is 8.75. The fraction of sp³-hybridized carbons (Fsp3) is 0.333. The summed E-state index contributed by atoms with van der Waals surface area (Å²) in [6, 6.07) is 12.1. The Hall–Kier alpha value is -2.71. The number of sulfonamides is 1. The molecule has 0 spiro atoms. The number of hydrogen-bond acceptors (Lipinski definition) is 4. The van der Waals surface area contributed by atoms with Crippen LogP contribution in [0.1, 0.15) is 35.7 Å². The standard InChI is InChI=1S/C21H25N3O4S/c1-15-9-11-17(12-10-15)29(27,28)23-16(2)20(25)22-19-8-4-3-7-18(19)21(26)24-13-5-6-14-24/h3-4,7-12,16,23H,5-6,13-14H2,1-2H3,(H,22,25)/t16-/m0/s1. The predicted octanol–water partition coefficient (Wildman–Crippen LogP) is 2.54. The molecule has 3 rings (SSSR count). The van der Waals surface area contributed by atoms with Gasteiger partial charge < -0.3 is 10.2 Å². The van der Waals surface area contributed by atoms with E-state index in [1.165, 1.54) is 19.1 Å². The summed E-state index contributed by atoms with van der Waals surface area (Å²) in [4.78, 5) is 27.2. The van der Waals surface area contributed by atoms with Gasteiger partial charge in [0.25, 0.3) is 5.91 Å². The Morgan fingerprint density at radius 2 is 1.62 bits per heavy atom. The van der Waals surface area contributed by atoms with Gasteiger partial charge in [0, 0.05) is 13.1 Å². The van der Waals surface area contributed by atoms with Crippen LogP contribution >= 0.6 is 0 Å². The van der Waals surface area contributed by atoms with Gasteiger partial charge in [0.1, 0.15) is 0 Å². The quantitative estimate of drug-likeness (QED) is 0.758. The van der Waals surface area contributed by atoms with Crippen LogP contribution in [0, 0.1) is 6.92 Å². The van der Waals surface area contributed by atoms with Crippen LogP contribution in [0.5, 0.6) is 0 Å².